The van der Waals surface area contributed by atoms with Crippen LogP contribution in [0.4, 0.5) is 0 Å². The van der Waals surface area contributed by atoms with Crippen molar-refractivity contribution in [3.05, 3.63) is 11.5 Å². The minimum absolute atomic E-state index is 0.127. The van der Waals surface area contributed by atoms with Crippen LogP contribution in [0, 0.1) is 0 Å². The van der Waals surface area contributed by atoms with Gasteiger partial charge in [0.2, 0.25) is 0 Å². The van der Waals surface area contributed by atoms with Crippen LogP contribution >= 0.6 is 0 Å². The first kappa shape index (κ1) is 17.1. The predicted molar refractivity (Wildman–Crippen MR) is 90.3 cm³/mol. The highest BCUT2D eigenvalue weighted by molar-refractivity contribution is 6.54. The van der Waals surface area contributed by atoms with Gasteiger partial charge in [-0.2, -0.15) is 0 Å². The third-order valence-corrected chi connectivity index (χ3v) is 5.38. The fraction of sp³-hybridized carbons (Fsp3) is 0.889. The van der Waals surface area contributed by atoms with Crippen molar-refractivity contribution in [3.63, 3.8) is 0 Å². The Kier molecular flexibility index (Phi) is 5.96. The molecule has 2 nitrogen and oxygen atoms in total. The van der Waals surface area contributed by atoms with E-state index >= 15 is 0 Å². The predicted octanol–water partition coefficient (Wildman–Crippen LogP) is 5.46. The SMILES string of the molecule is CC1(C)OB(/C2=C\CCCCCCCCCC2)OC1(C)C. The Labute approximate surface area is 131 Å². The average molecular weight is 292 g/mol. The molecule has 0 amide bonds. The van der Waals surface area contributed by atoms with Crippen molar-refractivity contribution in [1.29, 1.82) is 0 Å². The molecule has 0 aromatic heterocycles. The summed E-state index contributed by atoms with van der Waals surface area (Å²) in [5.41, 5.74) is 0.943. The summed E-state index contributed by atoms with van der Waals surface area (Å²) in [4.78, 5) is 0. The molecule has 21 heavy (non-hydrogen) atoms. The fourth-order valence-corrected chi connectivity index (χ4v) is 3.13. The molecule has 0 aromatic rings. The third kappa shape index (κ3) is 4.59. The zero-order valence-corrected chi connectivity index (χ0v) is 14.5. The van der Waals surface area contributed by atoms with E-state index in [9.17, 15) is 0 Å². The second kappa shape index (κ2) is 7.33. The van der Waals surface area contributed by atoms with E-state index in [-0.39, 0.29) is 18.3 Å². The summed E-state index contributed by atoms with van der Waals surface area (Å²) in [7, 11) is -0.127. The second-order valence-electron chi connectivity index (χ2n) is 7.73. The van der Waals surface area contributed by atoms with Crippen molar-refractivity contribution in [2.24, 2.45) is 0 Å². The summed E-state index contributed by atoms with van der Waals surface area (Å²) in [6.07, 6.45) is 15.6. The molecule has 0 aromatic carbocycles. The number of hydrogen-bond donors (Lipinski definition) is 0. The van der Waals surface area contributed by atoms with Gasteiger partial charge in [-0.15, -0.1) is 0 Å². The monoisotopic (exact) mass is 292 g/mol. The summed E-state index contributed by atoms with van der Waals surface area (Å²) < 4.78 is 12.5. The molecule has 0 atom stereocenters. The van der Waals surface area contributed by atoms with Gasteiger partial charge in [0.1, 0.15) is 0 Å². The van der Waals surface area contributed by atoms with E-state index in [1.165, 1.54) is 63.3 Å². The first-order chi connectivity index (χ1) is 9.92. The van der Waals surface area contributed by atoms with E-state index < -0.39 is 0 Å². The van der Waals surface area contributed by atoms with E-state index in [0.29, 0.717) is 0 Å². The molecule has 1 saturated heterocycles. The van der Waals surface area contributed by atoms with Gasteiger partial charge in [-0.25, -0.2) is 0 Å². The zero-order valence-electron chi connectivity index (χ0n) is 14.5. The van der Waals surface area contributed by atoms with Crippen LogP contribution in [0.2, 0.25) is 0 Å². The van der Waals surface area contributed by atoms with Crippen LogP contribution in [0.15, 0.2) is 11.5 Å². The van der Waals surface area contributed by atoms with Gasteiger partial charge in [-0.05, 0) is 52.4 Å². The molecule has 1 aliphatic heterocycles. The van der Waals surface area contributed by atoms with E-state index in [1.54, 1.807) is 0 Å². The van der Waals surface area contributed by atoms with Gasteiger partial charge in [0.25, 0.3) is 0 Å². The van der Waals surface area contributed by atoms with Crippen LogP contribution in [0.25, 0.3) is 0 Å². The summed E-state index contributed by atoms with van der Waals surface area (Å²) in [5.74, 6) is 0. The molecule has 0 unspecified atom stereocenters. The molecule has 0 radical (unpaired) electrons. The fourth-order valence-electron chi connectivity index (χ4n) is 3.13. The Bertz CT molecular complexity index is 344. The lowest BCUT2D eigenvalue weighted by Crippen LogP contribution is -2.41. The quantitative estimate of drug-likeness (QED) is 0.597. The van der Waals surface area contributed by atoms with Crippen LogP contribution in [-0.2, 0) is 9.31 Å². The highest BCUT2D eigenvalue weighted by atomic mass is 16.7. The highest BCUT2D eigenvalue weighted by Gasteiger charge is 2.52. The third-order valence-electron chi connectivity index (χ3n) is 5.38. The van der Waals surface area contributed by atoms with Crippen LogP contribution in [0.1, 0.15) is 91.9 Å². The van der Waals surface area contributed by atoms with E-state index in [4.69, 9.17) is 9.31 Å². The van der Waals surface area contributed by atoms with Crippen molar-refractivity contribution in [1.82, 2.24) is 0 Å². The van der Waals surface area contributed by atoms with E-state index in [0.717, 1.165) is 6.42 Å². The zero-order chi connectivity index (χ0) is 15.3. The lowest BCUT2D eigenvalue weighted by atomic mass is 9.74. The Morgan fingerprint density at radius 2 is 1.24 bits per heavy atom. The highest BCUT2D eigenvalue weighted by Crippen LogP contribution is 2.39. The molecule has 2 aliphatic rings. The minimum Gasteiger partial charge on any atom is -0.400 e. The average Bonchev–Trinajstić information content (AvgIpc) is 2.59. The summed E-state index contributed by atoms with van der Waals surface area (Å²) in [5, 5.41) is 0. The van der Waals surface area contributed by atoms with Gasteiger partial charge in [-0.1, -0.05) is 51.0 Å². The maximum atomic E-state index is 6.24. The molecular formula is C18H33BO2. The van der Waals surface area contributed by atoms with Crippen LogP contribution in [-0.4, -0.2) is 18.3 Å². The summed E-state index contributed by atoms with van der Waals surface area (Å²) in [6.45, 7) is 8.57. The van der Waals surface area contributed by atoms with Gasteiger partial charge < -0.3 is 9.31 Å². The van der Waals surface area contributed by atoms with Crippen LogP contribution < -0.4 is 0 Å². The largest absolute Gasteiger partial charge is 0.490 e. The van der Waals surface area contributed by atoms with E-state index in [2.05, 4.69) is 33.8 Å². The standard InChI is InChI=1S/C18H33BO2/c1-17(2)18(3,4)21-19(20-17)16-14-12-10-8-6-5-7-9-11-13-15-16/h14H,5-13,15H2,1-4H3/b16-14-. The van der Waals surface area contributed by atoms with Crippen molar-refractivity contribution < 1.29 is 9.31 Å². The topological polar surface area (TPSA) is 18.5 Å². The molecule has 1 aliphatic carbocycles. The molecule has 1 fully saturated rings. The van der Waals surface area contributed by atoms with Crippen molar-refractivity contribution >= 4 is 7.12 Å². The number of allylic oxidation sites excluding steroid dienone is 2. The summed E-state index contributed by atoms with van der Waals surface area (Å²) in [6, 6.07) is 0. The van der Waals surface area contributed by atoms with Crippen LogP contribution in [0.5, 0.6) is 0 Å². The van der Waals surface area contributed by atoms with Crippen molar-refractivity contribution in [2.45, 2.75) is 103 Å². The van der Waals surface area contributed by atoms with Crippen LogP contribution in [0.3, 0.4) is 0 Å². The molecule has 0 N–H and O–H groups in total. The molecule has 2 rings (SSSR count). The smallest absolute Gasteiger partial charge is 0.400 e. The first-order valence-corrected chi connectivity index (χ1v) is 8.97. The Morgan fingerprint density at radius 1 is 0.762 bits per heavy atom. The molecule has 1 heterocycles. The summed E-state index contributed by atoms with van der Waals surface area (Å²) >= 11 is 0. The lowest BCUT2D eigenvalue weighted by molar-refractivity contribution is 0.00578. The molecule has 0 bridgehead atoms. The molecule has 0 spiro atoms. The number of hydrogen-bond acceptors (Lipinski definition) is 2. The Hall–Kier alpha value is -0.275. The van der Waals surface area contributed by atoms with E-state index in [1.807, 2.05) is 0 Å². The lowest BCUT2D eigenvalue weighted by Gasteiger charge is -2.32. The second-order valence-corrected chi connectivity index (χ2v) is 7.73. The number of rotatable bonds is 1. The minimum atomic E-state index is -0.220. The van der Waals surface area contributed by atoms with Gasteiger partial charge in [-0.3, -0.25) is 0 Å². The normalized spacial score (nSPS) is 30.1. The first-order valence-electron chi connectivity index (χ1n) is 8.97. The van der Waals surface area contributed by atoms with Crippen molar-refractivity contribution in [2.75, 3.05) is 0 Å². The Morgan fingerprint density at radius 3 is 1.81 bits per heavy atom. The van der Waals surface area contributed by atoms with Gasteiger partial charge >= 0.3 is 7.12 Å². The molecule has 3 heteroatoms. The van der Waals surface area contributed by atoms with Gasteiger partial charge in [0.05, 0.1) is 11.2 Å². The maximum Gasteiger partial charge on any atom is 0.490 e. The molecule has 0 saturated carbocycles. The molecular weight excluding hydrogens is 259 g/mol. The molecule has 120 valence electrons. The van der Waals surface area contributed by atoms with Gasteiger partial charge in [0.15, 0.2) is 0 Å². The van der Waals surface area contributed by atoms with Crippen molar-refractivity contribution in [3.8, 4) is 0 Å². The Balaban J connectivity index is 2.00. The maximum absolute atomic E-state index is 6.24. The van der Waals surface area contributed by atoms with Gasteiger partial charge in [0, 0.05) is 0 Å².